The van der Waals surface area contributed by atoms with Gasteiger partial charge in [-0.2, -0.15) is 0 Å². The minimum absolute atomic E-state index is 0.326. The monoisotopic (exact) mass is 250 g/mol. The zero-order valence-corrected chi connectivity index (χ0v) is 11.2. The van der Waals surface area contributed by atoms with Crippen LogP contribution in [0.25, 0.3) is 0 Å². The van der Waals surface area contributed by atoms with Crippen LogP contribution >= 0.6 is 0 Å². The number of carbonyl (C=O) groups excluding carboxylic acids is 1. The molecular weight excluding hydrogens is 228 g/mol. The summed E-state index contributed by atoms with van der Waals surface area (Å²) in [7, 11) is 1.37. The highest BCUT2D eigenvalue weighted by atomic mass is 16.5. The van der Waals surface area contributed by atoms with Crippen molar-refractivity contribution in [1.29, 1.82) is 0 Å². The molecule has 0 radical (unpaired) electrons. The van der Waals surface area contributed by atoms with Crippen LogP contribution < -0.4 is 0 Å². The first kappa shape index (κ1) is 14.7. The molecule has 0 aromatic heterocycles. The largest absolute Gasteiger partial charge is 0.466 e. The van der Waals surface area contributed by atoms with E-state index in [9.17, 15) is 9.90 Å². The third kappa shape index (κ3) is 4.49. The van der Waals surface area contributed by atoms with E-state index >= 15 is 0 Å². The second kappa shape index (κ2) is 7.88. The lowest BCUT2D eigenvalue weighted by atomic mass is 9.97. The van der Waals surface area contributed by atoms with Crippen LogP contribution in [0.2, 0.25) is 0 Å². The molecule has 1 atom stereocenters. The maximum atomic E-state index is 11.5. The van der Waals surface area contributed by atoms with Crippen LogP contribution in [0.3, 0.4) is 0 Å². The maximum absolute atomic E-state index is 11.5. The van der Waals surface area contributed by atoms with Crippen molar-refractivity contribution in [1.82, 2.24) is 0 Å². The van der Waals surface area contributed by atoms with E-state index < -0.39 is 6.10 Å². The molecular formula is C15H22O3. The van der Waals surface area contributed by atoms with Gasteiger partial charge in [0.25, 0.3) is 0 Å². The van der Waals surface area contributed by atoms with Crippen LogP contribution in [0, 0.1) is 0 Å². The standard InChI is InChI=1S/C15H22O3/c1-3-4-5-10-14(16)12-8-6-7-9-13(11-12)15(17)18-2/h6-9,14,16H,3-5,10-11H2,1-2H3. The topological polar surface area (TPSA) is 46.5 Å². The summed E-state index contributed by atoms with van der Waals surface area (Å²) in [5, 5.41) is 10.1. The second-order valence-corrected chi connectivity index (χ2v) is 4.50. The molecule has 3 nitrogen and oxygen atoms in total. The molecule has 1 aliphatic carbocycles. The van der Waals surface area contributed by atoms with Gasteiger partial charge >= 0.3 is 5.97 Å². The van der Waals surface area contributed by atoms with Gasteiger partial charge in [0, 0.05) is 12.0 Å². The predicted octanol–water partition coefficient (Wildman–Crippen LogP) is 2.91. The normalized spacial score (nSPS) is 16.6. The van der Waals surface area contributed by atoms with Crippen molar-refractivity contribution >= 4 is 5.97 Å². The number of esters is 1. The molecule has 18 heavy (non-hydrogen) atoms. The van der Waals surface area contributed by atoms with E-state index in [4.69, 9.17) is 4.74 Å². The Hall–Kier alpha value is -1.35. The van der Waals surface area contributed by atoms with Crippen molar-refractivity contribution in [3.05, 3.63) is 35.5 Å². The summed E-state index contributed by atoms with van der Waals surface area (Å²) < 4.78 is 4.72. The maximum Gasteiger partial charge on any atom is 0.334 e. The Kier molecular flexibility index (Phi) is 6.44. The van der Waals surface area contributed by atoms with Crippen LogP contribution in [-0.2, 0) is 9.53 Å². The van der Waals surface area contributed by atoms with E-state index in [0.29, 0.717) is 12.0 Å². The van der Waals surface area contributed by atoms with E-state index in [-0.39, 0.29) is 5.97 Å². The number of carbonyl (C=O) groups is 1. The number of aliphatic hydroxyl groups excluding tert-OH is 1. The third-order valence-electron chi connectivity index (χ3n) is 3.07. The molecule has 1 rings (SSSR count). The summed E-state index contributed by atoms with van der Waals surface area (Å²) in [6.45, 7) is 2.14. The summed E-state index contributed by atoms with van der Waals surface area (Å²) in [6, 6.07) is 0. The van der Waals surface area contributed by atoms with Gasteiger partial charge in [0.05, 0.1) is 13.2 Å². The number of hydrogen-bond acceptors (Lipinski definition) is 3. The smallest absolute Gasteiger partial charge is 0.334 e. The van der Waals surface area contributed by atoms with Gasteiger partial charge in [-0.3, -0.25) is 0 Å². The number of unbranched alkanes of at least 4 members (excludes halogenated alkanes) is 2. The first-order valence-corrected chi connectivity index (χ1v) is 6.51. The molecule has 0 spiro atoms. The molecule has 1 N–H and O–H groups in total. The van der Waals surface area contributed by atoms with Crippen LogP contribution in [0.4, 0.5) is 0 Å². The SMILES string of the molecule is CCCCCC(O)C1=CC=CC=C(C(=O)OC)C1. The molecule has 1 unspecified atom stereocenters. The number of methoxy groups -OCH3 is 1. The third-order valence-corrected chi connectivity index (χ3v) is 3.07. The second-order valence-electron chi connectivity index (χ2n) is 4.50. The predicted molar refractivity (Wildman–Crippen MR) is 72.1 cm³/mol. The Morgan fingerprint density at radius 2 is 2.11 bits per heavy atom. The van der Waals surface area contributed by atoms with E-state index in [1.165, 1.54) is 7.11 Å². The first-order valence-electron chi connectivity index (χ1n) is 6.51. The lowest BCUT2D eigenvalue weighted by Crippen LogP contribution is -2.14. The first-order chi connectivity index (χ1) is 8.69. The molecule has 0 aromatic rings. The summed E-state index contributed by atoms with van der Waals surface area (Å²) in [4.78, 5) is 11.5. The number of allylic oxidation sites excluding steroid dienone is 4. The molecule has 0 aromatic carbocycles. The molecule has 1 aliphatic rings. The van der Waals surface area contributed by atoms with Gasteiger partial charge in [0.2, 0.25) is 0 Å². The van der Waals surface area contributed by atoms with Crippen LogP contribution in [-0.4, -0.2) is 24.3 Å². The average molecular weight is 250 g/mol. The van der Waals surface area contributed by atoms with E-state index in [0.717, 1.165) is 31.3 Å². The molecule has 0 heterocycles. The van der Waals surface area contributed by atoms with Crippen molar-refractivity contribution in [2.24, 2.45) is 0 Å². The van der Waals surface area contributed by atoms with Crippen molar-refractivity contribution < 1.29 is 14.6 Å². The summed E-state index contributed by atoms with van der Waals surface area (Å²) in [5.74, 6) is -0.326. The lowest BCUT2D eigenvalue weighted by Gasteiger charge is -2.15. The molecule has 0 saturated heterocycles. The lowest BCUT2D eigenvalue weighted by molar-refractivity contribution is -0.136. The Bertz CT molecular complexity index is 364. The Balaban J connectivity index is 2.61. The van der Waals surface area contributed by atoms with Gasteiger partial charge in [-0.1, -0.05) is 50.5 Å². The summed E-state index contributed by atoms with van der Waals surface area (Å²) in [6.07, 6.45) is 11.3. The zero-order chi connectivity index (χ0) is 13.4. The molecule has 0 saturated carbocycles. The molecule has 3 heteroatoms. The van der Waals surface area contributed by atoms with Gasteiger partial charge in [0.1, 0.15) is 0 Å². The zero-order valence-electron chi connectivity index (χ0n) is 11.2. The summed E-state index contributed by atoms with van der Waals surface area (Å²) in [5.41, 5.74) is 1.48. The quantitative estimate of drug-likeness (QED) is 0.582. The average Bonchev–Trinajstić information content (AvgIpc) is 2.63. The number of aliphatic hydroxyl groups is 1. The highest BCUT2D eigenvalue weighted by molar-refractivity contribution is 5.89. The van der Waals surface area contributed by atoms with Crippen molar-refractivity contribution in [2.75, 3.05) is 7.11 Å². The van der Waals surface area contributed by atoms with Crippen molar-refractivity contribution in [3.8, 4) is 0 Å². The van der Waals surface area contributed by atoms with Gasteiger partial charge in [-0.05, 0) is 12.0 Å². The molecule has 0 bridgehead atoms. The van der Waals surface area contributed by atoms with Gasteiger partial charge in [0.15, 0.2) is 0 Å². The molecule has 100 valence electrons. The van der Waals surface area contributed by atoms with E-state index in [1.54, 1.807) is 12.2 Å². The fraction of sp³-hybridized carbons (Fsp3) is 0.533. The van der Waals surface area contributed by atoms with E-state index in [2.05, 4.69) is 6.92 Å². The van der Waals surface area contributed by atoms with E-state index in [1.807, 2.05) is 12.2 Å². The van der Waals surface area contributed by atoms with Gasteiger partial charge < -0.3 is 9.84 Å². The Labute approximate surface area is 109 Å². The number of rotatable bonds is 6. The summed E-state index contributed by atoms with van der Waals surface area (Å²) >= 11 is 0. The number of hydrogen-bond donors (Lipinski definition) is 1. The Morgan fingerprint density at radius 1 is 1.39 bits per heavy atom. The highest BCUT2D eigenvalue weighted by Gasteiger charge is 2.17. The Morgan fingerprint density at radius 3 is 2.78 bits per heavy atom. The number of ether oxygens (including phenoxy) is 1. The highest BCUT2D eigenvalue weighted by Crippen LogP contribution is 2.22. The fourth-order valence-corrected chi connectivity index (χ4v) is 1.96. The fourth-order valence-electron chi connectivity index (χ4n) is 1.96. The van der Waals surface area contributed by atoms with Gasteiger partial charge in [-0.25, -0.2) is 4.79 Å². The molecule has 0 amide bonds. The minimum atomic E-state index is -0.465. The van der Waals surface area contributed by atoms with Crippen molar-refractivity contribution in [2.45, 2.75) is 45.1 Å². The van der Waals surface area contributed by atoms with Crippen LogP contribution in [0.1, 0.15) is 39.0 Å². The molecule has 0 fully saturated rings. The van der Waals surface area contributed by atoms with Gasteiger partial charge in [-0.15, -0.1) is 0 Å². The van der Waals surface area contributed by atoms with Crippen LogP contribution in [0.5, 0.6) is 0 Å². The molecule has 0 aliphatic heterocycles. The van der Waals surface area contributed by atoms with Crippen LogP contribution in [0.15, 0.2) is 35.5 Å². The van der Waals surface area contributed by atoms with Crippen molar-refractivity contribution in [3.63, 3.8) is 0 Å². The minimum Gasteiger partial charge on any atom is -0.466 e.